The molecule has 0 fully saturated rings. The molecule has 0 aliphatic carbocycles. The normalized spacial score (nSPS) is 12.6. The number of rotatable bonds is 4. The number of carboxylic acids is 1. The standard InChI is InChI=1S/C13H17BrN2O4/c1-13(2,3)20-12(19)16-9(11(17)18)6-8-4-5-10(14)15-7-8/h4-5,7,9H,6H2,1-3H3,(H,16,19)(H,17,18)/t9-/m0/s1. The molecule has 6 nitrogen and oxygen atoms in total. The molecule has 0 aliphatic heterocycles. The molecule has 1 aromatic rings. The molecule has 0 spiro atoms. The third-order valence-electron chi connectivity index (χ3n) is 2.22. The zero-order valence-corrected chi connectivity index (χ0v) is 13.1. The van der Waals surface area contributed by atoms with Crippen molar-refractivity contribution in [3.63, 3.8) is 0 Å². The minimum Gasteiger partial charge on any atom is -0.480 e. The largest absolute Gasteiger partial charge is 0.480 e. The number of ether oxygens (including phenoxy) is 1. The zero-order chi connectivity index (χ0) is 15.3. The number of carbonyl (C=O) groups is 2. The number of nitrogens with zero attached hydrogens (tertiary/aromatic N) is 1. The molecule has 0 unspecified atom stereocenters. The second-order valence-electron chi connectivity index (χ2n) is 5.23. The van der Waals surface area contributed by atoms with Gasteiger partial charge in [0.25, 0.3) is 0 Å². The molecule has 110 valence electrons. The van der Waals surface area contributed by atoms with Gasteiger partial charge < -0.3 is 15.2 Å². The van der Waals surface area contributed by atoms with Gasteiger partial charge in [-0.25, -0.2) is 14.6 Å². The second kappa shape index (κ2) is 6.69. The maximum atomic E-state index is 11.6. The van der Waals surface area contributed by atoms with Crippen molar-refractivity contribution in [2.45, 2.75) is 38.8 Å². The molecule has 0 saturated carbocycles. The number of aliphatic carboxylic acids is 1. The summed E-state index contributed by atoms with van der Waals surface area (Å²) in [5.41, 5.74) is 0.0309. The molecule has 1 atom stereocenters. The number of carboxylic acid groups (broad SMARTS) is 1. The third kappa shape index (κ3) is 6.01. The molecule has 0 saturated heterocycles. The molecule has 0 aliphatic rings. The number of alkyl carbamates (subject to hydrolysis) is 1. The topological polar surface area (TPSA) is 88.5 Å². The van der Waals surface area contributed by atoms with E-state index in [2.05, 4.69) is 26.2 Å². The Morgan fingerprint density at radius 2 is 2.10 bits per heavy atom. The maximum absolute atomic E-state index is 11.6. The summed E-state index contributed by atoms with van der Waals surface area (Å²) < 4.78 is 5.70. The van der Waals surface area contributed by atoms with Gasteiger partial charge in [0, 0.05) is 12.6 Å². The van der Waals surface area contributed by atoms with Gasteiger partial charge in [-0.05, 0) is 48.3 Å². The van der Waals surface area contributed by atoms with E-state index in [-0.39, 0.29) is 6.42 Å². The minimum atomic E-state index is -1.13. The van der Waals surface area contributed by atoms with Crippen LogP contribution in [-0.2, 0) is 16.0 Å². The second-order valence-corrected chi connectivity index (χ2v) is 6.04. The van der Waals surface area contributed by atoms with Gasteiger partial charge in [0.1, 0.15) is 16.2 Å². The van der Waals surface area contributed by atoms with Crippen LogP contribution in [0.1, 0.15) is 26.3 Å². The Labute approximate surface area is 125 Å². The Kier molecular flexibility index (Phi) is 5.50. The lowest BCUT2D eigenvalue weighted by Gasteiger charge is -2.22. The van der Waals surface area contributed by atoms with E-state index in [1.54, 1.807) is 39.1 Å². The number of nitrogens with one attached hydrogen (secondary N) is 1. The van der Waals surface area contributed by atoms with Gasteiger partial charge in [-0.2, -0.15) is 0 Å². The lowest BCUT2D eigenvalue weighted by atomic mass is 10.1. The molecule has 7 heteroatoms. The highest BCUT2D eigenvalue weighted by Gasteiger charge is 2.24. The smallest absolute Gasteiger partial charge is 0.408 e. The quantitative estimate of drug-likeness (QED) is 0.818. The van der Waals surface area contributed by atoms with Crippen LogP contribution in [0.15, 0.2) is 22.9 Å². The monoisotopic (exact) mass is 344 g/mol. The Morgan fingerprint density at radius 3 is 2.55 bits per heavy atom. The van der Waals surface area contributed by atoms with E-state index < -0.39 is 23.7 Å². The Hall–Kier alpha value is -1.63. The van der Waals surface area contributed by atoms with Crippen molar-refractivity contribution in [2.24, 2.45) is 0 Å². The van der Waals surface area contributed by atoms with Crippen LogP contribution < -0.4 is 5.32 Å². The first-order valence-electron chi connectivity index (χ1n) is 6.00. The molecule has 1 amide bonds. The minimum absolute atomic E-state index is 0.134. The summed E-state index contributed by atoms with van der Waals surface area (Å²) in [5, 5.41) is 11.5. The van der Waals surface area contributed by atoms with Gasteiger partial charge in [-0.1, -0.05) is 6.07 Å². The number of carbonyl (C=O) groups excluding carboxylic acids is 1. The fourth-order valence-electron chi connectivity index (χ4n) is 1.41. The van der Waals surface area contributed by atoms with Crippen molar-refractivity contribution in [1.29, 1.82) is 0 Å². The average Bonchev–Trinajstić information content (AvgIpc) is 2.28. The number of hydrogen-bond donors (Lipinski definition) is 2. The SMILES string of the molecule is CC(C)(C)OC(=O)N[C@@H](Cc1ccc(Br)nc1)C(=O)O. The van der Waals surface area contributed by atoms with E-state index >= 15 is 0 Å². The van der Waals surface area contributed by atoms with Crippen LogP contribution in [0.4, 0.5) is 4.79 Å². The van der Waals surface area contributed by atoms with Crippen LogP contribution in [-0.4, -0.2) is 33.8 Å². The summed E-state index contributed by atoms with van der Waals surface area (Å²) in [6.07, 6.45) is 0.932. The van der Waals surface area contributed by atoms with Crippen LogP contribution in [0.2, 0.25) is 0 Å². The number of amides is 1. The molecule has 0 radical (unpaired) electrons. The molecule has 2 N–H and O–H groups in total. The van der Waals surface area contributed by atoms with E-state index in [1.807, 2.05) is 0 Å². The van der Waals surface area contributed by atoms with Crippen LogP contribution in [0.5, 0.6) is 0 Å². The number of halogens is 1. The summed E-state index contributed by atoms with van der Waals surface area (Å²) >= 11 is 3.20. The van der Waals surface area contributed by atoms with E-state index in [1.165, 1.54) is 0 Å². The fourth-order valence-corrected chi connectivity index (χ4v) is 1.65. The van der Waals surface area contributed by atoms with Crippen molar-refractivity contribution >= 4 is 28.0 Å². The molecule has 1 rings (SSSR count). The highest BCUT2D eigenvalue weighted by molar-refractivity contribution is 9.10. The van der Waals surface area contributed by atoms with E-state index in [4.69, 9.17) is 9.84 Å². The summed E-state index contributed by atoms with van der Waals surface area (Å²) in [7, 11) is 0. The first-order valence-corrected chi connectivity index (χ1v) is 6.79. The van der Waals surface area contributed by atoms with Crippen LogP contribution in [0.3, 0.4) is 0 Å². The van der Waals surface area contributed by atoms with Crippen molar-refractivity contribution in [1.82, 2.24) is 10.3 Å². The molecule has 1 aromatic heterocycles. The van der Waals surface area contributed by atoms with Gasteiger partial charge in [-0.3, -0.25) is 0 Å². The van der Waals surface area contributed by atoms with Gasteiger partial charge in [0.15, 0.2) is 0 Å². The summed E-state index contributed by atoms with van der Waals surface area (Å²) in [4.78, 5) is 26.8. The van der Waals surface area contributed by atoms with Crippen molar-refractivity contribution < 1.29 is 19.4 Å². The average molecular weight is 345 g/mol. The molecule has 1 heterocycles. The third-order valence-corrected chi connectivity index (χ3v) is 2.69. The predicted octanol–water partition coefficient (Wildman–Crippen LogP) is 2.36. The highest BCUT2D eigenvalue weighted by atomic mass is 79.9. The highest BCUT2D eigenvalue weighted by Crippen LogP contribution is 2.10. The van der Waals surface area contributed by atoms with Crippen molar-refractivity contribution in [3.05, 3.63) is 28.5 Å². The first-order chi connectivity index (χ1) is 9.17. The summed E-state index contributed by atoms with van der Waals surface area (Å²) in [6.45, 7) is 5.13. The van der Waals surface area contributed by atoms with Gasteiger partial charge >= 0.3 is 12.1 Å². The van der Waals surface area contributed by atoms with Crippen LogP contribution in [0, 0.1) is 0 Å². The maximum Gasteiger partial charge on any atom is 0.408 e. The lowest BCUT2D eigenvalue weighted by molar-refractivity contribution is -0.139. The molecule has 0 aromatic carbocycles. The molecular formula is C13H17BrN2O4. The van der Waals surface area contributed by atoms with Gasteiger partial charge in [-0.15, -0.1) is 0 Å². The van der Waals surface area contributed by atoms with E-state index in [0.717, 1.165) is 0 Å². The fraction of sp³-hybridized carbons (Fsp3) is 0.462. The summed E-state index contributed by atoms with van der Waals surface area (Å²) in [5.74, 6) is -1.13. The predicted molar refractivity (Wildman–Crippen MR) is 76.4 cm³/mol. The molecule has 20 heavy (non-hydrogen) atoms. The summed E-state index contributed by atoms with van der Waals surface area (Å²) in [6, 6.07) is 2.39. The Bertz CT molecular complexity index is 482. The number of hydrogen-bond acceptors (Lipinski definition) is 4. The van der Waals surface area contributed by atoms with Crippen LogP contribution >= 0.6 is 15.9 Å². The lowest BCUT2D eigenvalue weighted by Crippen LogP contribution is -2.44. The Morgan fingerprint density at radius 1 is 1.45 bits per heavy atom. The van der Waals surface area contributed by atoms with Crippen molar-refractivity contribution in [3.8, 4) is 0 Å². The van der Waals surface area contributed by atoms with Crippen molar-refractivity contribution in [2.75, 3.05) is 0 Å². The molecular weight excluding hydrogens is 328 g/mol. The van der Waals surface area contributed by atoms with E-state index in [0.29, 0.717) is 10.2 Å². The number of pyridine rings is 1. The van der Waals surface area contributed by atoms with Gasteiger partial charge in [0.05, 0.1) is 0 Å². The van der Waals surface area contributed by atoms with E-state index in [9.17, 15) is 9.59 Å². The zero-order valence-electron chi connectivity index (χ0n) is 11.5. The van der Waals surface area contributed by atoms with Crippen LogP contribution in [0.25, 0.3) is 0 Å². The first kappa shape index (κ1) is 16.4. The molecule has 0 bridgehead atoms. The Balaban J connectivity index is 2.68. The number of aromatic nitrogens is 1. The van der Waals surface area contributed by atoms with Gasteiger partial charge in [0.2, 0.25) is 0 Å².